The van der Waals surface area contributed by atoms with Gasteiger partial charge < -0.3 is 5.73 Å². The largest absolute Gasteiger partial charge is 0.369 e. The van der Waals surface area contributed by atoms with Crippen molar-refractivity contribution in [1.29, 1.82) is 0 Å². The highest BCUT2D eigenvalue weighted by molar-refractivity contribution is 8.00. The van der Waals surface area contributed by atoms with E-state index in [2.05, 4.69) is 0 Å². The molecule has 0 heterocycles. The highest BCUT2D eigenvalue weighted by Crippen LogP contribution is 2.31. The van der Waals surface area contributed by atoms with Crippen LogP contribution in [0.15, 0.2) is 0 Å². The summed E-state index contributed by atoms with van der Waals surface area (Å²) < 4.78 is 0. The van der Waals surface area contributed by atoms with Gasteiger partial charge in [0.2, 0.25) is 5.91 Å². The number of nitrogens with two attached hydrogens (primary N) is 1. The van der Waals surface area contributed by atoms with E-state index in [1.54, 1.807) is 0 Å². The predicted octanol–water partition coefficient (Wildman–Crippen LogP) is 0.573. The van der Waals surface area contributed by atoms with Crippen molar-refractivity contribution in [3.8, 4) is 0 Å². The van der Waals surface area contributed by atoms with Crippen molar-refractivity contribution in [2.24, 2.45) is 11.7 Å². The lowest BCUT2D eigenvalue weighted by Gasteiger charge is -2.11. The standard InChI is InChI=1S/C8H13NO2S/c1-5-6(10)2-3-7(5)12-4-8(9)11/h5,7H,2-4H2,1H3,(H2,9,11). The van der Waals surface area contributed by atoms with Crippen molar-refractivity contribution in [2.75, 3.05) is 5.75 Å². The molecule has 1 amide bonds. The number of carbonyl (C=O) groups is 2. The van der Waals surface area contributed by atoms with Crippen molar-refractivity contribution in [3.63, 3.8) is 0 Å². The Hall–Kier alpha value is -0.510. The molecule has 0 bridgehead atoms. The van der Waals surface area contributed by atoms with Crippen molar-refractivity contribution >= 4 is 23.5 Å². The molecule has 2 N–H and O–H groups in total. The second-order valence-electron chi connectivity index (χ2n) is 3.11. The van der Waals surface area contributed by atoms with Gasteiger partial charge in [-0.1, -0.05) is 6.92 Å². The number of Topliss-reactive ketones (excluding diaryl/α,β-unsaturated/α-hetero) is 1. The van der Waals surface area contributed by atoms with Gasteiger partial charge in [-0.3, -0.25) is 9.59 Å². The molecule has 0 aromatic heterocycles. The Bertz CT molecular complexity index is 205. The van der Waals surface area contributed by atoms with Crippen LogP contribution in [0.3, 0.4) is 0 Å². The molecule has 2 unspecified atom stereocenters. The maximum Gasteiger partial charge on any atom is 0.227 e. The molecule has 3 nitrogen and oxygen atoms in total. The molecule has 1 saturated carbocycles. The zero-order valence-electron chi connectivity index (χ0n) is 7.08. The summed E-state index contributed by atoms with van der Waals surface area (Å²) >= 11 is 1.51. The van der Waals surface area contributed by atoms with E-state index >= 15 is 0 Å². The van der Waals surface area contributed by atoms with Crippen LogP contribution in [0, 0.1) is 5.92 Å². The minimum absolute atomic E-state index is 0.106. The van der Waals surface area contributed by atoms with Crippen molar-refractivity contribution in [1.82, 2.24) is 0 Å². The van der Waals surface area contributed by atoms with Gasteiger partial charge in [0.25, 0.3) is 0 Å². The average Bonchev–Trinajstić information content (AvgIpc) is 2.30. The van der Waals surface area contributed by atoms with Crippen LogP contribution in [-0.2, 0) is 9.59 Å². The van der Waals surface area contributed by atoms with Crippen molar-refractivity contribution in [3.05, 3.63) is 0 Å². The van der Waals surface area contributed by atoms with E-state index in [0.717, 1.165) is 6.42 Å². The minimum Gasteiger partial charge on any atom is -0.369 e. The van der Waals surface area contributed by atoms with E-state index in [0.29, 0.717) is 23.2 Å². The fourth-order valence-electron chi connectivity index (χ4n) is 1.39. The van der Waals surface area contributed by atoms with Gasteiger partial charge in [0.15, 0.2) is 0 Å². The van der Waals surface area contributed by atoms with E-state index in [4.69, 9.17) is 5.73 Å². The molecular formula is C8H13NO2S. The number of hydrogen-bond acceptors (Lipinski definition) is 3. The van der Waals surface area contributed by atoms with Crippen LogP contribution in [0.25, 0.3) is 0 Å². The fraction of sp³-hybridized carbons (Fsp3) is 0.750. The molecule has 0 spiro atoms. The lowest BCUT2D eigenvalue weighted by molar-refractivity contribution is -0.120. The lowest BCUT2D eigenvalue weighted by atomic mass is 10.1. The summed E-state index contributed by atoms with van der Waals surface area (Å²) in [6.45, 7) is 1.92. The first-order valence-electron chi connectivity index (χ1n) is 4.04. The molecule has 0 radical (unpaired) electrons. The third-order valence-electron chi connectivity index (χ3n) is 2.18. The SMILES string of the molecule is CC1C(=O)CCC1SCC(N)=O. The Labute approximate surface area is 76.1 Å². The Balaban J connectivity index is 2.34. The van der Waals surface area contributed by atoms with Crippen LogP contribution in [0.1, 0.15) is 19.8 Å². The highest BCUT2D eigenvalue weighted by atomic mass is 32.2. The van der Waals surface area contributed by atoms with Crippen LogP contribution in [0.4, 0.5) is 0 Å². The fourth-order valence-corrected chi connectivity index (χ4v) is 2.49. The number of thioether (sulfide) groups is 1. The number of rotatable bonds is 3. The van der Waals surface area contributed by atoms with Gasteiger partial charge in [0.05, 0.1) is 5.75 Å². The summed E-state index contributed by atoms with van der Waals surface area (Å²) in [5, 5.41) is 0.310. The first kappa shape index (κ1) is 9.58. The monoisotopic (exact) mass is 187 g/mol. The summed E-state index contributed by atoms with van der Waals surface area (Å²) in [6, 6.07) is 0. The first-order chi connectivity index (χ1) is 5.61. The zero-order valence-corrected chi connectivity index (χ0v) is 7.89. The maximum atomic E-state index is 11.1. The minimum atomic E-state index is -0.299. The summed E-state index contributed by atoms with van der Waals surface area (Å²) in [5.41, 5.74) is 5.01. The molecule has 0 saturated heterocycles. The Morgan fingerprint density at radius 3 is 2.83 bits per heavy atom. The summed E-state index contributed by atoms with van der Waals surface area (Å²) in [7, 11) is 0. The molecule has 12 heavy (non-hydrogen) atoms. The summed E-state index contributed by atoms with van der Waals surface area (Å²) in [4.78, 5) is 21.6. The number of ketones is 1. The first-order valence-corrected chi connectivity index (χ1v) is 5.08. The number of amides is 1. The molecule has 0 aliphatic heterocycles. The van der Waals surface area contributed by atoms with Crippen LogP contribution in [-0.4, -0.2) is 22.7 Å². The van der Waals surface area contributed by atoms with Gasteiger partial charge in [-0.05, 0) is 6.42 Å². The number of primary amides is 1. The second-order valence-corrected chi connectivity index (χ2v) is 4.34. The van der Waals surface area contributed by atoms with Gasteiger partial charge in [-0.2, -0.15) is 0 Å². The topological polar surface area (TPSA) is 60.2 Å². The van der Waals surface area contributed by atoms with E-state index < -0.39 is 0 Å². The quantitative estimate of drug-likeness (QED) is 0.702. The average molecular weight is 187 g/mol. The zero-order chi connectivity index (χ0) is 9.14. The highest BCUT2D eigenvalue weighted by Gasteiger charge is 2.31. The molecule has 0 aromatic carbocycles. The molecular weight excluding hydrogens is 174 g/mol. The van der Waals surface area contributed by atoms with Crippen molar-refractivity contribution in [2.45, 2.75) is 25.0 Å². The summed E-state index contributed by atoms with van der Waals surface area (Å²) in [5.74, 6) is 0.459. The third kappa shape index (κ3) is 2.24. The van der Waals surface area contributed by atoms with Gasteiger partial charge in [0, 0.05) is 17.6 Å². The maximum absolute atomic E-state index is 11.1. The number of carbonyl (C=O) groups excluding carboxylic acids is 2. The van der Waals surface area contributed by atoms with Crippen LogP contribution < -0.4 is 5.73 Å². The third-order valence-corrected chi connectivity index (χ3v) is 3.70. The molecule has 4 heteroatoms. The van der Waals surface area contributed by atoms with E-state index in [1.807, 2.05) is 6.92 Å². The Kier molecular flexibility index (Phi) is 3.14. The van der Waals surface area contributed by atoms with Crippen LogP contribution >= 0.6 is 11.8 Å². The molecule has 1 aliphatic rings. The van der Waals surface area contributed by atoms with Gasteiger partial charge in [0.1, 0.15) is 5.78 Å². The van der Waals surface area contributed by atoms with Crippen LogP contribution in [0.5, 0.6) is 0 Å². The molecule has 2 atom stereocenters. The van der Waals surface area contributed by atoms with Crippen molar-refractivity contribution < 1.29 is 9.59 Å². The lowest BCUT2D eigenvalue weighted by Crippen LogP contribution is -2.18. The van der Waals surface area contributed by atoms with Crippen LogP contribution in [0.2, 0.25) is 0 Å². The molecule has 1 fully saturated rings. The summed E-state index contributed by atoms with van der Waals surface area (Å²) in [6.07, 6.45) is 1.57. The molecule has 1 rings (SSSR count). The van der Waals surface area contributed by atoms with E-state index in [-0.39, 0.29) is 11.8 Å². The molecule has 1 aliphatic carbocycles. The molecule has 68 valence electrons. The molecule has 0 aromatic rings. The smallest absolute Gasteiger partial charge is 0.227 e. The second kappa shape index (κ2) is 3.94. The predicted molar refractivity (Wildman–Crippen MR) is 48.8 cm³/mol. The van der Waals surface area contributed by atoms with Gasteiger partial charge >= 0.3 is 0 Å². The Morgan fingerprint density at radius 1 is 1.75 bits per heavy atom. The van der Waals surface area contributed by atoms with E-state index in [9.17, 15) is 9.59 Å². The normalized spacial score (nSPS) is 29.2. The van der Waals surface area contributed by atoms with E-state index in [1.165, 1.54) is 11.8 Å². The van der Waals surface area contributed by atoms with Gasteiger partial charge in [-0.15, -0.1) is 11.8 Å². The van der Waals surface area contributed by atoms with Gasteiger partial charge in [-0.25, -0.2) is 0 Å². The number of hydrogen-bond donors (Lipinski definition) is 1. The Morgan fingerprint density at radius 2 is 2.42 bits per heavy atom.